The van der Waals surface area contributed by atoms with Crippen molar-refractivity contribution in [2.45, 2.75) is 32.2 Å². The second kappa shape index (κ2) is 7.27. The molecule has 1 saturated heterocycles. The molecule has 5 heteroatoms. The summed E-state index contributed by atoms with van der Waals surface area (Å²) in [6, 6.07) is 0.391. The Bertz CT molecular complexity index is 400. The van der Waals surface area contributed by atoms with Gasteiger partial charge in [-0.1, -0.05) is 34.2 Å². The molecular formula is C15H24BrN3O. The summed E-state index contributed by atoms with van der Waals surface area (Å²) in [5.74, 6) is 0. The monoisotopic (exact) mass is 341 g/mol. The fraction of sp³-hybridized carbons (Fsp3) is 0.667. The highest BCUT2D eigenvalue weighted by atomic mass is 79.9. The van der Waals surface area contributed by atoms with Gasteiger partial charge in [-0.05, 0) is 26.2 Å². The molecule has 0 aromatic rings. The van der Waals surface area contributed by atoms with Crippen molar-refractivity contribution >= 4 is 22.0 Å². The minimum Gasteiger partial charge on any atom is -0.335 e. The Morgan fingerprint density at radius 3 is 2.75 bits per heavy atom. The summed E-state index contributed by atoms with van der Waals surface area (Å²) in [5.41, 5.74) is 1.21. The molecule has 0 aromatic heterocycles. The van der Waals surface area contributed by atoms with E-state index < -0.39 is 0 Å². The van der Waals surface area contributed by atoms with Crippen molar-refractivity contribution in [2.24, 2.45) is 0 Å². The van der Waals surface area contributed by atoms with Gasteiger partial charge in [-0.25, -0.2) is 4.79 Å². The van der Waals surface area contributed by atoms with E-state index in [-0.39, 0.29) is 6.03 Å². The minimum absolute atomic E-state index is 0.0772. The largest absolute Gasteiger partial charge is 0.335 e. The van der Waals surface area contributed by atoms with Gasteiger partial charge in [-0.3, -0.25) is 4.90 Å². The first kappa shape index (κ1) is 15.6. The number of halogens is 1. The molecule has 2 heterocycles. The Morgan fingerprint density at radius 2 is 2.15 bits per heavy atom. The predicted molar refractivity (Wildman–Crippen MR) is 86.0 cm³/mol. The van der Waals surface area contributed by atoms with Crippen molar-refractivity contribution in [3.05, 3.63) is 22.7 Å². The van der Waals surface area contributed by atoms with Crippen LogP contribution in [0.3, 0.4) is 0 Å². The molecule has 20 heavy (non-hydrogen) atoms. The van der Waals surface area contributed by atoms with E-state index in [4.69, 9.17) is 0 Å². The highest BCUT2D eigenvalue weighted by Gasteiger charge is 2.23. The maximum Gasteiger partial charge on any atom is 0.317 e. The van der Waals surface area contributed by atoms with Gasteiger partial charge in [-0.15, -0.1) is 0 Å². The number of likely N-dealkylation sites (tertiary alicyclic amines) is 1. The molecule has 0 aromatic carbocycles. The molecule has 0 radical (unpaired) electrons. The lowest BCUT2D eigenvalue weighted by Gasteiger charge is -2.34. The molecule has 0 aliphatic carbocycles. The van der Waals surface area contributed by atoms with E-state index in [1.165, 1.54) is 5.57 Å². The molecule has 2 aliphatic heterocycles. The molecule has 4 nitrogen and oxygen atoms in total. The van der Waals surface area contributed by atoms with Crippen LogP contribution in [0.2, 0.25) is 0 Å². The van der Waals surface area contributed by atoms with Gasteiger partial charge in [0.1, 0.15) is 0 Å². The van der Waals surface area contributed by atoms with E-state index in [1.807, 2.05) is 4.90 Å². The zero-order valence-electron chi connectivity index (χ0n) is 12.2. The number of carbonyl (C=O) groups excluding carboxylic acids is 1. The summed E-state index contributed by atoms with van der Waals surface area (Å²) in [7, 11) is 0. The number of nitrogens with zero attached hydrogens (tertiary/aromatic N) is 2. The molecule has 1 fully saturated rings. The molecule has 1 N–H and O–H groups in total. The predicted octanol–water partition coefficient (Wildman–Crippen LogP) is 2.72. The average Bonchev–Trinajstić information content (AvgIpc) is 2.40. The van der Waals surface area contributed by atoms with Crippen LogP contribution in [0, 0.1) is 0 Å². The fourth-order valence-corrected chi connectivity index (χ4v) is 3.29. The second-order valence-corrected chi connectivity index (χ2v) is 6.84. The summed E-state index contributed by atoms with van der Waals surface area (Å²) >= 11 is 3.48. The number of rotatable bonds is 3. The lowest BCUT2D eigenvalue weighted by molar-refractivity contribution is 0.179. The van der Waals surface area contributed by atoms with Gasteiger partial charge in [0, 0.05) is 36.7 Å². The van der Waals surface area contributed by atoms with Crippen LogP contribution in [0.4, 0.5) is 4.79 Å². The van der Waals surface area contributed by atoms with E-state index in [2.05, 4.69) is 45.7 Å². The van der Waals surface area contributed by atoms with E-state index in [0.717, 1.165) is 49.9 Å². The third-order valence-electron chi connectivity index (χ3n) is 3.80. The van der Waals surface area contributed by atoms with Crippen LogP contribution in [0.25, 0.3) is 0 Å². The van der Waals surface area contributed by atoms with Crippen LogP contribution in [-0.2, 0) is 0 Å². The summed E-state index contributed by atoms with van der Waals surface area (Å²) in [6.45, 7) is 10.6. The van der Waals surface area contributed by atoms with Gasteiger partial charge in [0.25, 0.3) is 0 Å². The number of nitrogens with one attached hydrogen (secondary N) is 1. The Hall–Kier alpha value is -0.810. The normalized spacial score (nSPS) is 21.5. The number of piperidine rings is 1. The maximum atomic E-state index is 12.2. The molecular weight excluding hydrogens is 318 g/mol. The molecule has 0 saturated carbocycles. The summed E-state index contributed by atoms with van der Waals surface area (Å²) < 4.78 is 1.11. The van der Waals surface area contributed by atoms with E-state index in [9.17, 15) is 4.79 Å². The summed E-state index contributed by atoms with van der Waals surface area (Å²) in [6.07, 6.45) is 5.14. The lowest BCUT2D eigenvalue weighted by Crippen LogP contribution is -2.50. The minimum atomic E-state index is 0.0772. The van der Waals surface area contributed by atoms with Crippen molar-refractivity contribution in [3.63, 3.8) is 0 Å². The highest BCUT2D eigenvalue weighted by molar-refractivity contribution is 9.11. The summed E-state index contributed by atoms with van der Waals surface area (Å²) in [5, 5.41) is 3.17. The van der Waals surface area contributed by atoms with Crippen LogP contribution in [0.1, 0.15) is 26.2 Å². The zero-order valence-corrected chi connectivity index (χ0v) is 13.8. The van der Waals surface area contributed by atoms with E-state index in [1.54, 1.807) is 0 Å². The second-order valence-electron chi connectivity index (χ2n) is 5.82. The van der Waals surface area contributed by atoms with Gasteiger partial charge in [0.05, 0.1) is 6.54 Å². The summed E-state index contributed by atoms with van der Waals surface area (Å²) in [4.78, 5) is 16.5. The number of amides is 2. The first-order valence-corrected chi connectivity index (χ1v) is 8.10. The Morgan fingerprint density at radius 1 is 1.45 bits per heavy atom. The quantitative estimate of drug-likeness (QED) is 0.801. The average molecular weight is 342 g/mol. The van der Waals surface area contributed by atoms with Crippen LogP contribution in [0.5, 0.6) is 0 Å². The number of hydrogen-bond donors (Lipinski definition) is 1. The Balaban J connectivity index is 1.73. The maximum absolute atomic E-state index is 12.2. The fourth-order valence-electron chi connectivity index (χ4n) is 2.76. The van der Waals surface area contributed by atoms with Crippen LogP contribution >= 0.6 is 15.9 Å². The van der Waals surface area contributed by atoms with Crippen LogP contribution in [0.15, 0.2) is 22.7 Å². The molecule has 0 spiro atoms. The third-order valence-corrected chi connectivity index (χ3v) is 4.38. The van der Waals surface area contributed by atoms with Gasteiger partial charge >= 0.3 is 6.03 Å². The molecule has 2 amide bonds. The van der Waals surface area contributed by atoms with E-state index in [0.29, 0.717) is 12.6 Å². The van der Waals surface area contributed by atoms with Gasteiger partial charge in [0.2, 0.25) is 0 Å². The van der Waals surface area contributed by atoms with Crippen molar-refractivity contribution in [1.29, 1.82) is 0 Å². The van der Waals surface area contributed by atoms with Gasteiger partial charge in [-0.2, -0.15) is 0 Å². The third kappa shape index (κ3) is 4.63. The van der Waals surface area contributed by atoms with Gasteiger partial charge in [0.15, 0.2) is 0 Å². The van der Waals surface area contributed by atoms with Crippen LogP contribution in [-0.4, -0.2) is 54.6 Å². The van der Waals surface area contributed by atoms with E-state index >= 15 is 0 Å². The van der Waals surface area contributed by atoms with Crippen molar-refractivity contribution < 1.29 is 4.79 Å². The number of urea groups is 1. The molecule has 0 unspecified atom stereocenters. The van der Waals surface area contributed by atoms with Crippen molar-refractivity contribution in [2.75, 3.05) is 32.7 Å². The topological polar surface area (TPSA) is 35.6 Å². The highest BCUT2D eigenvalue weighted by Crippen LogP contribution is 2.16. The first-order valence-electron chi connectivity index (χ1n) is 7.31. The van der Waals surface area contributed by atoms with Crippen molar-refractivity contribution in [3.8, 4) is 0 Å². The molecule has 0 atom stereocenters. The Labute approximate surface area is 130 Å². The molecule has 2 rings (SSSR count). The van der Waals surface area contributed by atoms with Gasteiger partial charge < -0.3 is 10.2 Å². The molecule has 2 aliphatic rings. The van der Waals surface area contributed by atoms with Crippen LogP contribution < -0.4 is 5.32 Å². The molecule has 112 valence electrons. The Kier molecular flexibility index (Phi) is 5.66. The standard InChI is InChI=1S/C15H24BrN3O/c1-12(2)10-18-8-5-14(6-9-18)17-15(20)19-7-3-4-13(16)11-19/h4,14H,1,3,5-11H2,2H3,(H,17,20). The van der Waals surface area contributed by atoms with Crippen molar-refractivity contribution in [1.82, 2.24) is 15.1 Å². The first-order chi connectivity index (χ1) is 9.54. The molecule has 0 bridgehead atoms. The smallest absolute Gasteiger partial charge is 0.317 e. The number of carbonyl (C=O) groups is 1. The SMILES string of the molecule is C=C(C)CN1CCC(NC(=O)N2CCC=C(Br)C2)CC1. The lowest BCUT2D eigenvalue weighted by atomic mass is 10.0. The zero-order chi connectivity index (χ0) is 14.5. The number of hydrogen-bond acceptors (Lipinski definition) is 2.